The molecule has 32 nitrogen and oxygen atoms in total. The summed E-state index contributed by atoms with van der Waals surface area (Å²) in [5, 5.41) is 23.1. The molecule has 0 spiro atoms. The van der Waals surface area contributed by atoms with E-state index in [1.807, 2.05) is 0 Å². The van der Waals surface area contributed by atoms with Crippen LogP contribution in [0.25, 0.3) is 0 Å². The number of carbonyl (C=O) groups excluding carboxylic acids is 3. The number of ether oxygens (including phenoxy) is 4. The number of aromatic carboxylic acids is 1. The zero-order valence-corrected chi connectivity index (χ0v) is 52.3. The molecule has 1 aliphatic rings. The molecule has 0 saturated carbocycles. The average Bonchev–Trinajstić information content (AvgIpc) is 1.79. The predicted molar refractivity (Wildman–Crippen MR) is 307 cm³/mol. The molecular formula is C47H49ClF8N13O19PS4. The molecule has 1 aliphatic heterocycles. The third-order valence-corrected chi connectivity index (χ3v) is 16.3. The highest BCUT2D eigenvalue weighted by Crippen LogP contribution is 2.34. The first-order valence-electron chi connectivity index (χ1n) is 25.1. The van der Waals surface area contributed by atoms with E-state index in [2.05, 4.69) is 54.8 Å². The molecule has 4 amide bonds. The van der Waals surface area contributed by atoms with Crippen molar-refractivity contribution in [2.75, 3.05) is 43.4 Å². The summed E-state index contributed by atoms with van der Waals surface area (Å²) in [5.74, 6) is -6.57. The number of thioether (sulfide) groups is 1. The third-order valence-electron chi connectivity index (χ3n) is 10.5. The van der Waals surface area contributed by atoms with Crippen LogP contribution < -0.4 is 49.3 Å². The number of aryl methyl sites for hydroxylation is 2. The molecule has 0 fully saturated rings. The number of amides is 4. The van der Waals surface area contributed by atoms with Gasteiger partial charge in [0.15, 0.2) is 0 Å². The Bertz CT molecular complexity index is 4050. The molecule has 9 N–H and O–H groups in total. The second-order valence-electron chi connectivity index (χ2n) is 17.4. The normalized spacial score (nSPS) is 12.3. The molecule has 4 heterocycles. The van der Waals surface area contributed by atoms with Crippen LogP contribution in [0.3, 0.4) is 0 Å². The molecule has 3 aromatic carbocycles. The van der Waals surface area contributed by atoms with Gasteiger partial charge in [-0.1, -0.05) is 41.9 Å². The highest BCUT2D eigenvalue weighted by molar-refractivity contribution is 8.00. The number of anilines is 2. The van der Waals surface area contributed by atoms with Crippen molar-refractivity contribution in [3.05, 3.63) is 109 Å². The summed E-state index contributed by atoms with van der Waals surface area (Å²) >= 11 is 8.17. The lowest BCUT2D eigenvalue weighted by Gasteiger charge is -2.15. The van der Waals surface area contributed by atoms with E-state index in [-0.39, 0.29) is 44.7 Å². The van der Waals surface area contributed by atoms with Gasteiger partial charge in [0.05, 0.1) is 54.4 Å². The molecule has 0 atom stereocenters. The molecule has 0 radical (unpaired) electrons. The van der Waals surface area contributed by atoms with E-state index in [4.69, 9.17) is 36.3 Å². The Labute approximate surface area is 531 Å². The number of halogens is 9. The molecule has 0 saturated heterocycles. The van der Waals surface area contributed by atoms with Crippen LogP contribution in [0.4, 0.5) is 62.3 Å². The van der Waals surface area contributed by atoms with E-state index in [0.717, 1.165) is 60.2 Å². The number of rotatable bonds is 22. The fraction of sp³-hybridized carbons (Fsp3) is 0.319. The number of nitrogens with zero attached hydrogens (tertiary/aromatic N) is 8. The second kappa shape index (κ2) is 34.9. The van der Waals surface area contributed by atoms with Crippen LogP contribution in [-0.2, 0) is 58.4 Å². The number of hydrogen-bond donors (Lipinski definition) is 9. The first kappa shape index (κ1) is 76.8. The van der Waals surface area contributed by atoms with Gasteiger partial charge in [-0.2, -0.15) is 55.7 Å². The van der Waals surface area contributed by atoms with Gasteiger partial charge in [0.1, 0.15) is 22.2 Å². The van der Waals surface area contributed by atoms with Crippen molar-refractivity contribution in [1.82, 2.24) is 49.0 Å². The van der Waals surface area contributed by atoms with E-state index in [9.17, 15) is 85.3 Å². The number of fused-ring (bicyclic) bond motifs is 1. The Morgan fingerprint density at radius 3 is 1.89 bits per heavy atom. The number of hydrogen-bond acceptors (Lipinski definition) is 24. The summed E-state index contributed by atoms with van der Waals surface area (Å²) in [5.41, 5.74) is -0.633. The van der Waals surface area contributed by atoms with Gasteiger partial charge in [-0.15, -0.1) is 11.8 Å². The van der Waals surface area contributed by atoms with Crippen molar-refractivity contribution in [1.29, 1.82) is 0 Å². The third kappa shape index (κ3) is 26.5. The largest absolute Gasteiger partial charge is 0.480 e. The molecule has 0 bridgehead atoms. The van der Waals surface area contributed by atoms with E-state index < -0.39 is 142 Å². The average molecular weight is 1450 g/mol. The van der Waals surface area contributed by atoms with Gasteiger partial charge in [0.2, 0.25) is 28.5 Å². The molecule has 7 rings (SSSR count). The molecule has 93 heavy (non-hydrogen) atoms. The van der Waals surface area contributed by atoms with Crippen molar-refractivity contribution in [3.8, 4) is 17.8 Å². The Kier molecular flexibility index (Phi) is 28.8. The van der Waals surface area contributed by atoms with Crippen LogP contribution in [0.1, 0.15) is 41.0 Å². The molecular weight excluding hydrogens is 1400 g/mol. The van der Waals surface area contributed by atoms with Crippen LogP contribution in [0.2, 0.25) is 5.02 Å². The van der Waals surface area contributed by atoms with Gasteiger partial charge in [-0.05, 0) is 73.4 Å². The highest BCUT2D eigenvalue weighted by atomic mass is 35.5. The number of esters is 1. The number of sulfonamides is 2. The van der Waals surface area contributed by atoms with Crippen LogP contribution in [0.5, 0.6) is 17.8 Å². The molecule has 6 aromatic rings. The number of urea groups is 2. The summed E-state index contributed by atoms with van der Waals surface area (Å²) in [4.78, 5) is 106. The Hall–Kier alpha value is -8.65. The predicted octanol–water partition coefficient (Wildman–Crippen LogP) is 5.67. The monoisotopic (exact) mass is 1450 g/mol. The Morgan fingerprint density at radius 1 is 0.806 bits per heavy atom. The molecule has 0 aliphatic carbocycles. The topological polar surface area (TPSA) is 452 Å². The van der Waals surface area contributed by atoms with Gasteiger partial charge in [0, 0.05) is 24.4 Å². The number of methoxy groups -OCH3 is 2. The van der Waals surface area contributed by atoms with E-state index in [1.54, 1.807) is 19.4 Å². The number of nitrogens with one attached hydrogen (secondary N) is 5. The highest BCUT2D eigenvalue weighted by Gasteiger charge is 2.30. The van der Waals surface area contributed by atoms with Crippen LogP contribution in [0.15, 0.2) is 91.2 Å². The molecule has 0 unspecified atom stereocenters. The number of carboxylic acids is 2. The lowest BCUT2D eigenvalue weighted by Crippen LogP contribution is -2.35. The van der Waals surface area contributed by atoms with Crippen LogP contribution >= 0.6 is 42.3 Å². The Morgan fingerprint density at radius 2 is 1.35 bits per heavy atom. The fourth-order valence-corrected chi connectivity index (χ4v) is 11.5. The minimum atomic E-state index is -4.71. The number of carboxylic acid groups (broad SMARTS) is 2. The van der Waals surface area contributed by atoms with E-state index in [1.165, 1.54) is 62.3 Å². The summed E-state index contributed by atoms with van der Waals surface area (Å²) < 4.78 is 184. The van der Waals surface area contributed by atoms with Crippen molar-refractivity contribution in [3.63, 3.8) is 0 Å². The number of aliphatic carboxylic acids is 1. The summed E-state index contributed by atoms with van der Waals surface area (Å²) in [6.07, 6.45) is -4.90. The molecule has 3 aromatic heterocycles. The second-order valence-corrected chi connectivity index (χ2v) is 24.7. The van der Waals surface area contributed by atoms with E-state index in [0.29, 0.717) is 28.9 Å². The summed E-state index contributed by atoms with van der Waals surface area (Å²) in [6, 6.07) is 9.68. The number of alkyl halides is 7. The van der Waals surface area contributed by atoms with Crippen molar-refractivity contribution in [2.24, 2.45) is 4.99 Å². The van der Waals surface area contributed by atoms with Gasteiger partial charge in [-0.3, -0.25) is 39.6 Å². The maximum atomic E-state index is 14.3. The summed E-state index contributed by atoms with van der Waals surface area (Å²) in [6.45, 7) is -4.43. The quantitative estimate of drug-likeness (QED) is 0.0171. The Balaban J connectivity index is 0.000000277. The van der Waals surface area contributed by atoms with Gasteiger partial charge >= 0.3 is 67.8 Å². The zero-order chi connectivity index (χ0) is 69.6. The van der Waals surface area contributed by atoms with Crippen molar-refractivity contribution >= 4 is 110 Å². The van der Waals surface area contributed by atoms with E-state index >= 15 is 0 Å². The van der Waals surface area contributed by atoms with Crippen molar-refractivity contribution in [2.45, 2.75) is 79.8 Å². The standard InChI is InChI=1S/C15H15ClFN3O3S2.C15H16F3N5O4S.C14H10F4N4O7S.C3H8NO5P/c1-23-13(21)8-24-12-7-11(10(17)6-9(12)16)18-14-19-4-2-3-5-20(19)15(22)25-14;1-9-19-12(22-14(20-9)27-2)21-13(24)23-28(25,26)11-6-4-3-5-10(11)7-8-15(16,17)18;15-11(16)28-8-5-9(29-12(17)18)20-13(19-8)21-14(25)22-30(26,27)7-4-2-1-3-6(7)10(23)24;5-3(6)1-4-2-10(7,8)9/h6-7H,2-5,8H2,1H3;3-6H,7-8H2,1-2H3,(H2,19,20,21,22,23,24);1-5,11-12H,(H,23,24)(H2,19,20,21,22,25);4H,1-2H2,(H,5,6)(H2,7,8,9)/b18-14-;;;. The van der Waals surface area contributed by atoms with Crippen LogP contribution in [0, 0.1) is 12.7 Å². The SMILES string of the molecule is COC(=O)CSc1cc(/N=c2\sc(=O)n3n2CCCC3)c(F)cc1Cl.COc1nc(C)nc(NC(=O)NS(=O)(=O)c2ccccc2CCC(F)(F)F)n1.O=C(Nc1nc(OC(F)F)cc(OC(F)F)n1)NS(=O)(=O)c1ccccc1C(=O)O.O=C(O)CNCP(=O)(O)O. The lowest BCUT2D eigenvalue weighted by molar-refractivity contribution is -0.137. The first-order valence-corrected chi connectivity index (χ1v) is 32.0. The minimum absolute atomic E-state index is 0.0605. The van der Waals surface area contributed by atoms with Crippen LogP contribution in [-0.4, -0.2) is 153 Å². The molecule has 508 valence electrons. The number of benzene rings is 3. The number of aromatic nitrogens is 7. The smallest absolute Gasteiger partial charge is 0.389 e. The number of carbonyl (C=O) groups is 5. The summed E-state index contributed by atoms with van der Waals surface area (Å²) in [7, 11) is -10.7. The maximum absolute atomic E-state index is 14.3. The minimum Gasteiger partial charge on any atom is -0.480 e. The fourth-order valence-electron chi connectivity index (χ4n) is 6.84. The first-order chi connectivity index (χ1) is 43.4. The van der Waals surface area contributed by atoms with Gasteiger partial charge in [-0.25, -0.2) is 54.7 Å². The lowest BCUT2D eigenvalue weighted by atomic mass is 10.1. The zero-order valence-electron chi connectivity index (χ0n) is 47.3. The maximum Gasteiger partial charge on any atom is 0.389 e. The van der Waals surface area contributed by atoms with Gasteiger partial charge in [0.25, 0.3) is 20.0 Å². The molecule has 46 heteroatoms. The van der Waals surface area contributed by atoms with Gasteiger partial charge < -0.3 is 38.9 Å². The van der Waals surface area contributed by atoms with Crippen molar-refractivity contribution < 1.29 is 119 Å².